The van der Waals surface area contributed by atoms with Crippen LogP contribution in [0.5, 0.6) is 0 Å². The number of carbonyl (C=O) groups excluding carboxylic acids is 1. The molecule has 0 radical (unpaired) electrons. The minimum Gasteiger partial charge on any atom is -0.361 e. The first-order chi connectivity index (χ1) is 13.5. The second-order valence-corrected chi connectivity index (χ2v) is 10.3. The Kier molecular flexibility index (Phi) is 5.76. The van der Waals surface area contributed by atoms with Crippen molar-refractivity contribution >= 4 is 15.9 Å². The summed E-state index contributed by atoms with van der Waals surface area (Å²) in [6.07, 6.45) is 5.66. The van der Waals surface area contributed by atoms with Crippen LogP contribution in [-0.2, 0) is 16.4 Å². The second-order valence-electron chi connectivity index (χ2n) is 8.36. The van der Waals surface area contributed by atoms with Crippen molar-refractivity contribution in [1.82, 2.24) is 20.1 Å². The number of carbonyl (C=O) groups is 1. The van der Waals surface area contributed by atoms with Gasteiger partial charge >= 0.3 is 0 Å². The molecule has 1 aromatic rings. The molecule has 9 heteroatoms. The molecular formula is C19H30N4O4S. The highest BCUT2D eigenvalue weighted by Gasteiger charge is 2.47. The van der Waals surface area contributed by atoms with Crippen LogP contribution in [0.1, 0.15) is 61.7 Å². The van der Waals surface area contributed by atoms with Crippen molar-refractivity contribution < 1.29 is 17.7 Å². The number of fused-ring (bicyclic) bond motifs is 2. The van der Waals surface area contributed by atoms with Gasteiger partial charge in [-0.15, -0.1) is 0 Å². The van der Waals surface area contributed by atoms with E-state index >= 15 is 0 Å². The molecule has 3 atom stereocenters. The van der Waals surface area contributed by atoms with E-state index in [9.17, 15) is 13.2 Å². The normalized spacial score (nSPS) is 29.1. The Balaban J connectivity index is 1.37. The topological polar surface area (TPSA) is 105 Å². The van der Waals surface area contributed by atoms with Gasteiger partial charge in [0, 0.05) is 30.6 Å². The van der Waals surface area contributed by atoms with Crippen LogP contribution >= 0.6 is 0 Å². The summed E-state index contributed by atoms with van der Waals surface area (Å²) in [5.74, 6) is 0.961. The summed E-state index contributed by atoms with van der Waals surface area (Å²) in [5.41, 5.74) is 0.296. The summed E-state index contributed by atoms with van der Waals surface area (Å²) in [7, 11) is -3.26. The SMILES string of the molecule is CCc1cc(C(=O)N[C@H]2C[C@H]3CC[C@@H](C2)N3S(=O)(=O)CC2CCNCC2)no1. The van der Waals surface area contributed by atoms with Crippen LogP contribution in [0.15, 0.2) is 10.6 Å². The predicted molar refractivity (Wildman–Crippen MR) is 104 cm³/mol. The van der Waals surface area contributed by atoms with E-state index in [4.69, 9.17) is 4.52 Å². The van der Waals surface area contributed by atoms with E-state index in [0.29, 0.717) is 30.7 Å². The van der Waals surface area contributed by atoms with Crippen LogP contribution in [-0.4, -0.2) is 60.8 Å². The smallest absolute Gasteiger partial charge is 0.273 e. The highest BCUT2D eigenvalue weighted by molar-refractivity contribution is 7.89. The molecule has 0 aromatic carbocycles. The van der Waals surface area contributed by atoms with Crippen LogP contribution < -0.4 is 10.6 Å². The first kappa shape index (κ1) is 19.8. The molecular weight excluding hydrogens is 380 g/mol. The van der Waals surface area contributed by atoms with Crippen LogP contribution in [0.2, 0.25) is 0 Å². The van der Waals surface area contributed by atoms with E-state index in [2.05, 4.69) is 15.8 Å². The van der Waals surface area contributed by atoms with Crippen molar-refractivity contribution in [2.24, 2.45) is 5.92 Å². The van der Waals surface area contributed by atoms with Crippen LogP contribution in [0.25, 0.3) is 0 Å². The van der Waals surface area contributed by atoms with E-state index in [0.717, 1.165) is 38.8 Å². The minimum atomic E-state index is -3.26. The van der Waals surface area contributed by atoms with Gasteiger partial charge in [-0.05, 0) is 57.5 Å². The lowest BCUT2D eigenvalue weighted by atomic mass is 9.99. The average Bonchev–Trinajstić information content (AvgIpc) is 3.26. The second kappa shape index (κ2) is 8.12. The highest BCUT2D eigenvalue weighted by Crippen LogP contribution is 2.38. The lowest BCUT2D eigenvalue weighted by Crippen LogP contribution is -2.53. The third-order valence-electron chi connectivity index (χ3n) is 6.37. The summed E-state index contributed by atoms with van der Waals surface area (Å²) >= 11 is 0. The zero-order valence-electron chi connectivity index (χ0n) is 16.4. The Labute approximate surface area is 166 Å². The molecule has 156 valence electrons. The van der Waals surface area contributed by atoms with Gasteiger partial charge < -0.3 is 15.2 Å². The van der Waals surface area contributed by atoms with Crippen molar-refractivity contribution in [2.45, 2.75) is 70.0 Å². The molecule has 3 saturated heterocycles. The maximum atomic E-state index is 13.1. The lowest BCUT2D eigenvalue weighted by molar-refractivity contribution is 0.0900. The van der Waals surface area contributed by atoms with Gasteiger partial charge in [-0.3, -0.25) is 4.79 Å². The first-order valence-corrected chi connectivity index (χ1v) is 12.1. The van der Waals surface area contributed by atoms with Gasteiger partial charge in [-0.25, -0.2) is 8.42 Å². The molecule has 1 amide bonds. The Morgan fingerprint density at radius 1 is 1.25 bits per heavy atom. The minimum absolute atomic E-state index is 0.000669. The molecule has 4 rings (SSSR count). The molecule has 0 unspecified atom stereocenters. The molecule has 3 aliphatic heterocycles. The fourth-order valence-electron chi connectivity index (χ4n) is 4.98. The van der Waals surface area contributed by atoms with E-state index in [1.165, 1.54) is 0 Å². The number of hydrogen-bond acceptors (Lipinski definition) is 6. The molecule has 28 heavy (non-hydrogen) atoms. The summed E-state index contributed by atoms with van der Waals surface area (Å²) < 4.78 is 33.1. The number of amides is 1. The van der Waals surface area contributed by atoms with E-state index in [1.807, 2.05) is 6.92 Å². The molecule has 2 N–H and O–H groups in total. The number of aryl methyl sites for hydroxylation is 1. The lowest BCUT2D eigenvalue weighted by Gasteiger charge is -2.39. The molecule has 3 fully saturated rings. The van der Waals surface area contributed by atoms with Crippen molar-refractivity contribution in [3.8, 4) is 0 Å². The van der Waals surface area contributed by atoms with Crippen molar-refractivity contribution in [2.75, 3.05) is 18.8 Å². The first-order valence-electron chi connectivity index (χ1n) is 10.4. The standard InChI is InChI=1S/C19H30N4O4S/c1-2-17-11-18(22-27-17)19(24)21-14-9-15-3-4-16(10-14)23(15)28(25,26)12-13-5-7-20-8-6-13/h11,13-16,20H,2-10,12H2,1H3,(H,21,24)/t14-,15+,16-. The number of aromatic nitrogens is 1. The molecule has 0 aliphatic carbocycles. The molecule has 3 aliphatic rings. The fourth-order valence-corrected chi connectivity index (χ4v) is 7.38. The number of nitrogens with zero attached hydrogens (tertiary/aromatic N) is 2. The van der Waals surface area contributed by atoms with Gasteiger partial charge in [0.25, 0.3) is 5.91 Å². The summed E-state index contributed by atoms with van der Waals surface area (Å²) in [6, 6.07) is 1.65. The zero-order chi connectivity index (χ0) is 19.7. The van der Waals surface area contributed by atoms with Crippen LogP contribution in [0, 0.1) is 5.92 Å². The van der Waals surface area contributed by atoms with Crippen molar-refractivity contribution in [3.63, 3.8) is 0 Å². The summed E-state index contributed by atoms with van der Waals surface area (Å²) in [4.78, 5) is 12.4. The fraction of sp³-hybridized carbons (Fsp3) is 0.789. The maximum absolute atomic E-state index is 13.1. The van der Waals surface area contributed by atoms with Gasteiger partial charge in [-0.2, -0.15) is 4.31 Å². The molecule has 4 heterocycles. The number of piperidine rings is 2. The van der Waals surface area contributed by atoms with Crippen LogP contribution in [0.4, 0.5) is 0 Å². The zero-order valence-corrected chi connectivity index (χ0v) is 17.2. The van der Waals surface area contributed by atoms with E-state index in [-0.39, 0.29) is 35.7 Å². The third kappa shape index (κ3) is 4.11. The monoisotopic (exact) mass is 410 g/mol. The van der Waals surface area contributed by atoms with Crippen molar-refractivity contribution in [3.05, 3.63) is 17.5 Å². The molecule has 2 bridgehead atoms. The van der Waals surface area contributed by atoms with E-state index < -0.39 is 10.0 Å². The molecule has 1 aromatic heterocycles. The van der Waals surface area contributed by atoms with Crippen LogP contribution in [0.3, 0.4) is 0 Å². The Morgan fingerprint density at radius 3 is 2.54 bits per heavy atom. The number of sulfonamides is 1. The highest BCUT2D eigenvalue weighted by atomic mass is 32.2. The van der Waals surface area contributed by atoms with Crippen molar-refractivity contribution in [1.29, 1.82) is 0 Å². The molecule has 0 saturated carbocycles. The van der Waals surface area contributed by atoms with Gasteiger partial charge in [0.1, 0.15) is 5.76 Å². The Morgan fingerprint density at radius 2 is 1.93 bits per heavy atom. The predicted octanol–water partition coefficient (Wildman–Crippen LogP) is 1.29. The summed E-state index contributed by atoms with van der Waals surface area (Å²) in [6.45, 7) is 3.76. The Bertz CT molecular complexity index is 789. The number of nitrogens with one attached hydrogen (secondary N) is 2. The molecule has 0 spiro atoms. The number of hydrogen-bond donors (Lipinski definition) is 2. The third-order valence-corrected chi connectivity index (χ3v) is 8.50. The largest absolute Gasteiger partial charge is 0.361 e. The van der Waals surface area contributed by atoms with Gasteiger partial charge in [0.05, 0.1) is 5.75 Å². The maximum Gasteiger partial charge on any atom is 0.273 e. The molecule has 8 nitrogen and oxygen atoms in total. The number of rotatable bonds is 6. The Hall–Kier alpha value is -1.45. The van der Waals surface area contributed by atoms with Gasteiger partial charge in [-0.1, -0.05) is 12.1 Å². The van der Waals surface area contributed by atoms with Gasteiger partial charge in [0.15, 0.2) is 5.69 Å². The van der Waals surface area contributed by atoms with Gasteiger partial charge in [0.2, 0.25) is 10.0 Å². The quantitative estimate of drug-likeness (QED) is 0.732. The average molecular weight is 411 g/mol. The van der Waals surface area contributed by atoms with E-state index in [1.54, 1.807) is 10.4 Å². The summed E-state index contributed by atoms with van der Waals surface area (Å²) in [5, 5.41) is 10.2.